The molecular formula is C17H23N3. The lowest BCUT2D eigenvalue weighted by molar-refractivity contribution is 0.512. The van der Waals surface area contributed by atoms with E-state index in [4.69, 9.17) is 5.73 Å². The first kappa shape index (κ1) is 13.5. The topological polar surface area (TPSA) is 50.9 Å². The molecule has 3 N–H and O–H groups in total. The number of rotatable bonds is 7. The van der Waals surface area contributed by atoms with E-state index in [0.717, 1.165) is 18.0 Å². The minimum atomic E-state index is 0.249. The van der Waals surface area contributed by atoms with Crippen LogP contribution in [0.15, 0.2) is 36.5 Å². The Morgan fingerprint density at radius 2 is 2.20 bits per heavy atom. The van der Waals surface area contributed by atoms with Crippen LogP contribution in [-0.4, -0.2) is 18.1 Å². The number of aromatic nitrogens is 1. The first-order valence-corrected chi connectivity index (χ1v) is 7.65. The first-order valence-electron chi connectivity index (χ1n) is 7.65. The van der Waals surface area contributed by atoms with E-state index >= 15 is 0 Å². The van der Waals surface area contributed by atoms with E-state index in [1.807, 2.05) is 12.3 Å². The normalized spacial score (nSPS) is 16.4. The highest BCUT2D eigenvalue weighted by Gasteiger charge is 2.20. The SMILES string of the molecule is NCC(NCCCC1CC1)c1ccc2ncccc2c1. The maximum absolute atomic E-state index is 5.93. The van der Waals surface area contributed by atoms with Crippen molar-refractivity contribution in [3.05, 3.63) is 42.1 Å². The molecule has 106 valence electrons. The molecule has 20 heavy (non-hydrogen) atoms. The largest absolute Gasteiger partial charge is 0.329 e. The molecule has 1 atom stereocenters. The third kappa shape index (κ3) is 3.35. The van der Waals surface area contributed by atoms with Gasteiger partial charge in [0, 0.05) is 24.2 Å². The minimum absolute atomic E-state index is 0.249. The smallest absolute Gasteiger partial charge is 0.0702 e. The Bertz CT molecular complexity index is 563. The Morgan fingerprint density at radius 3 is 3.00 bits per heavy atom. The fourth-order valence-electron chi connectivity index (χ4n) is 2.72. The number of benzene rings is 1. The Hall–Kier alpha value is -1.45. The van der Waals surface area contributed by atoms with Crippen LogP contribution >= 0.6 is 0 Å². The van der Waals surface area contributed by atoms with Crippen LogP contribution in [0.3, 0.4) is 0 Å². The Morgan fingerprint density at radius 1 is 1.30 bits per heavy atom. The van der Waals surface area contributed by atoms with E-state index < -0.39 is 0 Å². The van der Waals surface area contributed by atoms with Crippen molar-refractivity contribution in [3.63, 3.8) is 0 Å². The third-order valence-electron chi connectivity index (χ3n) is 4.14. The summed E-state index contributed by atoms with van der Waals surface area (Å²) in [7, 11) is 0. The molecule has 1 aliphatic carbocycles. The zero-order chi connectivity index (χ0) is 13.8. The fraction of sp³-hybridized carbons (Fsp3) is 0.471. The number of nitrogens with one attached hydrogen (secondary N) is 1. The van der Waals surface area contributed by atoms with Crippen LogP contribution in [0.25, 0.3) is 10.9 Å². The van der Waals surface area contributed by atoms with Gasteiger partial charge in [0.1, 0.15) is 0 Å². The van der Waals surface area contributed by atoms with Gasteiger partial charge in [0.15, 0.2) is 0 Å². The fourth-order valence-corrected chi connectivity index (χ4v) is 2.72. The van der Waals surface area contributed by atoms with Gasteiger partial charge in [0.25, 0.3) is 0 Å². The van der Waals surface area contributed by atoms with Crippen LogP contribution in [-0.2, 0) is 0 Å². The molecule has 1 fully saturated rings. The zero-order valence-corrected chi connectivity index (χ0v) is 11.9. The van der Waals surface area contributed by atoms with E-state index in [0.29, 0.717) is 6.54 Å². The number of hydrogen-bond acceptors (Lipinski definition) is 3. The summed E-state index contributed by atoms with van der Waals surface area (Å²) in [6.45, 7) is 1.69. The maximum Gasteiger partial charge on any atom is 0.0702 e. The van der Waals surface area contributed by atoms with Gasteiger partial charge in [0.2, 0.25) is 0 Å². The lowest BCUT2D eigenvalue weighted by Gasteiger charge is -2.17. The summed E-state index contributed by atoms with van der Waals surface area (Å²) in [5, 5.41) is 4.77. The molecule has 0 aliphatic heterocycles. The lowest BCUT2D eigenvalue weighted by Crippen LogP contribution is -2.29. The van der Waals surface area contributed by atoms with Crippen molar-refractivity contribution in [1.82, 2.24) is 10.3 Å². The summed E-state index contributed by atoms with van der Waals surface area (Å²) in [5.74, 6) is 1.01. The van der Waals surface area contributed by atoms with E-state index in [1.165, 1.54) is 36.6 Å². The van der Waals surface area contributed by atoms with Crippen LogP contribution in [0.4, 0.5) is 0 Å². The molecule has 0 radical (unpaired) electrons. The molecule has 0 bridgehead atoms. The summed E-state index contributed by atoms with van der Waals surface area (Å²) in [5.41, 5.74) is 8.23. The van der Waals surface area contributed by atoms with E-state index in [9.17, 15) is 0 Å². The molecule has 3 rings (SSSR count). The van der Waals surface area contributed by atoms with Gasteiger partial charge >= 0.3 is 0 Å². The third-order valence-corrected chi connectivity index (χ3v) is 4.14. The van der Waals surface area contributed by atoms with Gasteiger partial charge in [-0.3, -0.25) is 4.98 Å². The zero-order valence-electron chi connectivity index (χ0n) is 11.9. The standard InChI is InChI=1S/C17H23N3/c18-12-17(20-9-1-3-13-5-6-13)15-7-8-16-14(11-15)4-2-10-19-16/h2,4,7-8,10-11,13,17,20H,1,3,5-6,9,12,18H2. The van der Waals surface area contributed by atoms with Crippen molar-refractivity contribution < 1.29 is 0 Å². The van der Waals surface area contributed by atoms with E-state index in [2.05, 4.69) is 34.6 Å². The summed E-state index contributed by atoms with van der Waals surface area (Å²) >= 11 is 0. The molecule has 1 saturated carbocycles. The van der Waals surface area contributed by atoms with Crippen molar-refractivity contribution in [2.75, 3.05) is 13.1 Å². The molecule has 0 saturated heterocycles. The van der Waals surface area contributed by atoms with Gasteiger partial charge in [-0.2, -0.15) is 0 Å². The summed E-state index contributed by atoms with van der Waals surface area (Å²) in [6, 6.07) is 10.8. The van der Waals surface area contributed by atoms with Crippen molar-refractivity contribution >= 4 is 10.9 Å². The lowest BCUT2D eigenvalue weighted by atomic mass is 10.0. The molecule has 1 aliphatic rings. The highest BCUT2D eigenvalue weighted by Crippen LogP contribution is 2.33. The quantitative estimate of drug-likeness (QED) is 0.760. The summed E-state index contributed by atoms with van der Waals surface area (Å²) in [6.07, 6.45) is 7.34. The Kier molecular flexibility index (Phi) is 4.28. The second-order valence-electron chi connectivity index (χ2n) is 5.78. The van der Waals surface area contributed by atoms with Gasteiger partial charge in [-0.05, 0) is 49.1 Å². The van der Waals surface area contributed by atoms with Crippen LogP contribution < -0.4 is 11.1 Å². The van der Waals surface area contributed by atoms with Crippen molar-refractivity contribution in [3.8, 4) is 0 Å². The van der Waals surface area contributed by atoms with Crippen molar-refractivity contribution in [1.29, 1.82) is 0 Å². The first-order chi connectivity index (χ1) is 9.86. The molecule has 1 aromatic carbocycles. The highest BCUT2D eigenvalue weighted by molar-refractivity contribution is 5.79. The molecule has 1 aromatic heterocycles. The van der Waals surface area contributed by atoms with Crippen molar-refractivity contribution in [2.45, 2.75) is 31.7 Å². The van der Waals surface area contributed by atoms with Crippen LogP contribution in [0, 0.1) is 5.92 Å². The Labute approximate surface area is 120 Å². The van der Waals surface area contributed by atoms with E-state index in [-0.39, 0.29) is 6.04 Å². The summed E-state index contributed by atoms with van der Waals surface area (Å²) < 4.78 is 0. The number of fused-ring (bicyclic) bond motifs is 1. The molecular weight excluding hydrogens is 246 g/mol. The van der Waals surface area contributed by atoms with Crippen molar-refractivity contribution in [2.24, 2.45) is 11.7 Å². The maximum atomic E-state index is 5.93. The number of nitrogens with zero attached hydrogens (tertiary/aromatic N) is 1. The second-order valence-corrected chi connectivity index (χ2v) is 5.78. The predicted molar refractivity (Wildman–Crippen MR) is 83.5 cm³/mol. The van der Waals surface area contributed by atoms with E-state index in [1.54, 1.807) is 0 Å². The van der Waals surface area contributed by atoms with Gasteiger partial charge in [-0.15, -0.1) is 0 Å². The van der Waals surface area contributed by atoms with Crippen LogP contribution in [0.2, 0.25) is 0 Å². The molecule has 2 aromatic rings. The molecule has 1 unspecified atom stereocenters. The van der Waals surface area contributed by atoms with Gasteiger partial charge in [0.05, 0.1) is 5.52 Å². The predicted octanol–water partition coefficient (Wildman–Crippen LogP) is 3.01. The molecule has 0 amide bonds. The summed E-state index contributed by atoms with van der Waals surface area (Å²) in [4.78, 5) is 4.36. The average Bonchev–Trinajstić information content (AvgIpc) is 3.31. The second kappa shape index (κ2) is 6.33. The number of nitrogens with two attached hydrogens (primary N) is 1. The average molecular weight is 269 g/mol. The minimum Gasteiger partial charge on any atom is -0.329 e. The van der Waals surface area contributed by atoms with Crippen LogP contribution in [0.5, 0.6) is 0 Å². The molecule has 0 spiro atoms. The highest BCUT2D eigenvalue weighted by atomic mass is 14.9. The van der Waals surface area contributed by atoms with Gasteiger partial charge in [-0.25, -0.2) is 0 Å². The molecule has 3 heteroatoms. The number of pyridine rings is 1. The van der Waals surface area contributed by atoms with Crippen LogP contribution in [0.1, 0.15) is 37.3 Å². The molecule has 3 nitrogen and oxygen atoms in total. The molecule has 1 heterocycles. The number of hydrogen-bond donors (Lipinski definition) is 2. The van der Waals surface area contributed by atoms with Gasteiger partial charge in [-0.1, -0.05) is 25.0 Å². The Balaban J connectivity index is 1.63. The van der Waals surface area contributed by atoms with Gasteiger partial charge < -0.3 is 11.1 Å². The monoisotopic (exact) mass is 269 g/mol.